The SMILES string of the molecule is COc1cc(Nc2nccc(-c3cccc(CNC(CO)C(=O)O)c3)n2)cc(CN)c1OC.S. The Morgan fingerprint density at radius 1 is 1.18 bits per heavy atom. The van der Waals surface area contributed by atoms with Crippen LogP contribution in [0.3, 0.4) is 0 Å². The number of hydrogen-bond donors (Lipinski definition) is 5. The van der Waals surface area contributed by atoms with E-state index < -0.39 is 18.6 Å². The van der Waals surface area contributed by atoms with Gasteiger partial charge in [-0.3, -0.25) is 10.1 Å². The van der Waals surface area contributed by atoms with Gasteiger partial charge in [-0.15, -0.1) is 0 Å². The van der Waals surface area contributed by atoms with Crippen LogP contribution in [-0.4, -0.2) is 53.0 Å². The molecule has 0 radical (unpaired) electrons. The third-order valence-corrected chi connectivity index (χ3v) is 4.94. The molecule has 182 valence electrons. The third kappa shape index (κ3) is 6.58. The van der Waals surface area contributed by atoms with Crippen molar-refractivity contribution in [1.82, 2.24) is 15.3 Å². The Bertz CT molecular complexity index is 1090. The molecule has 34 heavy (non-hydrogen) atoms. The summed E-state index contributed by atoms with van der Waals surface area (Å²) in [7, 11) is 3.12. The fraction of sp³-hybridized carbons (Fsp3) is 0.261. The van der Waals surface area contributed by atoms with E-state index in [0.717, 1.165) is 16.7 Å². The summed E-state index contributed by atoms with van der Waals surface area (Å²) in [6.07, 6.45) is 1.65. The van der Waals surface area contributed by atoms with Crippen LogP contribution in [0.1, 0.15) is 11.1 Å². The highest BCUT2D eigenvalue weighted by atomic mass is 32.1. The van der Waals surface area contributed by atoms with E-state index >= 15 is 0 Å². The number of carboxylic acid groups (broad SMARTS) is 1. The predicted molar refractivity (Wildman–Crippen MR) is 134 cm³/mol. The molecule has 2 aromatic carbocycles. The van der Waals surface area contributed by atoms with Crippen LogP contribution in [0, 0.1) is 0 Å². The Kier molecular flexibility index (Phi) is 10.1. The van der Waals surface area contributed by atoms with Gasteiger partial charge < -0.3 is 30.7 Å². The number of nitrogens with one attached hydrogen (secondary N) is 2. The van der Waals surface area contributed by atoms with E-state index in [1.807, 2.05) is 30.3 Å². The number of nitrogens with zero attached hydrogens (tertiary/aromatic N) is 2. The lowest BCUT2D eigenvalue weighted by Gasteiger charge is -2.15. The first-order valence-electron chi connectivity index (χ1n) is 10.2. The van der Waals surface area contributed by atoms with Gasteiger partial charge in [0, 0.05) is 42.2 Å². The second-order valence-electron chi connectivity index (χ2n) is 7.12. The molecule has 0 aliphatic rings. The Hall–Kier alpha value is -3.38. The van der Waals surface area contributed by atoms with E-state index in [4.69, 9.17) is 25.4 Å². The normalized spacial score (nSPS) is 11.3. The number of aliphatic hydroxyl groups excluding tert-OH is 1. The van der Waals surface area contributed by atoms with E-state index in [1.54, 1.807) is 32.5 Å². The maximum absolute atomic E-state index is 11.1. The minimum Gasteiger partial charge on any atom is -0.493 e. The topological polar surface area (TPSA) is 152 Å². The van der Waals surface area contributed by atoms with Gasteiger partial charge in [-0.2, -0.15) is 13.5 Å². The van der Waals surface area contributed by atoms with Crippen LogP contribution in [0.15, 0.2) is 48.7 Å². The summed E-state index contributed by atoms with van der Waals surface area (Å²) in [5, 5.41) is 24.2. The Balaban J connectivity index is 0.00000408. The summed E-state index contributed by atoms with van der Waals surface area (Å²) in [5.41, 5.74) is 9.70. The molecule has 1 heterocycles. The molecule has 0 bridgehead atoms. The number of ether oxygens (including phenoxy) is 2. The van der Waals surface area contributed by atoms with Gasteiger partial charge in [-0.05, 0) is 23.8 Å². The average Bonchev–Trinajstić information content (AvgIpc) is 2.84. The van der Waals surface area contributed by atoms with Crippen molar-refractivity contribution in [3.05, 3.63) is 59.8 Å². The zero-order chi connectivity index (χ0) is 23.8. The predicted octanol–water partition coefficient (Wildman–Crippen LogP) is 2.01. The first kappa shape index (κ1) is 26.9. The number of hydrogen-bond acceptors (Lipinski definition) is 9. The molecule has 0 saturated carbocycles. The summed E-state index contributed by atoms with van der Waals surface area (Å²) in [5.74, 6) is 0.407. The molecule has 0 aliphatic heterocycles. The lowest BCUT2D eigenvalue weighted by Crippen LogP contribution is -2.39. The van der Waals surface area contributed by atoms with Crippen molar-refractivity contribution in [1.29, 1.82) is 0 Å². The van der Waals surface area contributed by atoms with E-state index in [1.165, 1.54) is 0 Å². The highest BCUT2D eigenvalue weighted by molar-refractivity contribution is 7.59. The highest BCUT2D eigenvalue weighted by Crippen LogP contribution is 2.35. The van der Waals surface area contributed by atoms with Gasteiger partial charge in [0.25, 0.3) is 0 Å². The summed E-state index contributed by atoms with van der Waals surface area (Å²) < 4.78 is 10.8. The molecule has 0 aliphatic carbocycles. The van der Waals surface area contributed by atoms with Gasteiger partial charge in [-0.25, -0.2) is 9.97 Å². The van der Waals surface area contributed by atoms with Crippen LogP contribution < -0.4 is 25.8 Å². The second-order valence-corrected chi connectivity index (χ2v) is 7.12. The average molecular weight is 488 g/mol. The molecule has 1 unspecified atom stereocenters. The number of methoxy groups -OCH3 is 2. The molecule has 0 amide bonds. The van der Waals surface area contributed by atoms with Gasteiger partial charge in [0.05, 0.1) is 26.5 Å². The van der Waals surface area contributed by atoms with E-state index in [9.17, 15) is 4.79 Å². The van der Waals surface area contributed by atoms with Crippen LogP contribution in [0.4, 0.5) is 11.6 Å². The van der Waals surface area contributed by atoms with Crippen LogP contribution in [0.2, 0.25) is 0 Å². The summed E-state index contributed by atoms with van der Waals surface area (Å²) >= 11 is 0. The molecule has 6 N–H and O–H groups in total. The highest BCUT2D eigenvalue weighted by Gasteiger charge is 2.15. The minimum atomic E-state index is -1.10. The van der Waals surface area contributed by atoms with Crippen molar-refractivity contribution in [3.63, 3.8) is 0 Å². The van der Waals surface area contributed by atoms with Gasteiger partial charge in [0.2, 0.25) is 5.95 Å². The van der Waals surface area contributed by atoms with Gasteiger partial charge in [0.15, 0.2) is 11.5 Å². The van der Waals surface area contributed by atoms with Gasteiger partial charge >= 0.3 is 5.97 Å². The van der Waals surface area contributed by atoms with Crippen molar-refractivity contribution >= 4 is 31.1 Å². The van der Waals surface area contributed by atoms with Crippen molar-refractivity contribution in [2.45, 2.75) is 19.1 Å². The van der Waals surface area contributed by atoms with Crippen LogP contribution in [0.5, 0.6) is 11.5 Å². The number of anilines is 2. The molecule has 1 atom stereocenters. The van der Waals surface area contributed by atoms with Crippen molar-refractivity contribution in [3.8, 4) is 22.8 Å². The van der Waals surface area contributed by atoms with Gasteiger partial charge in [0.1, 0.15) is 6.04 Å². The van der Waals surface area contributed by atoms with E-state index in [2.05, 4.69) is 20.6 Å². The van der Waals surface area contributed by atoms with Crippen molar-refractivity contribution < 1.29 is 24.5 Å². The fourth-order valence-electron chi connectivity index (χ4n) is 3.29. The van der Waals surface area contributed by atoms with Crippen molar-refractivity contribution in [2.24, 2.45) is 5.73 Å². The molecular formula is C23H29N5O5S. The number of aromatic nitrogens is 2. The smallest absolute Gasteiger partial charge is 0.323 e. The van der Waals surface area contributed by atoms with Crippen LogP contribution >= 0.6 is 13.5 Å². The fourth-order valence-corrected chi connectivity index (χ4v) is 3.29. The quantitative estimate of drug-likeness (QED) is 0.271. The first-order valence-corrected chi connectivity index (χ1v) is 10.2. The van der Waals surface area contributed by atoms with Crippen LogP contribution in [0.25, 0.3) is 11.3 Å². The number of aliphatic hydroxyl groups is 1. The van der Waals surface area contributed by atoms with E-state index in [0.29, 0.717) is 28.8 Å². The number of carbonyl (C=O) groups is 1. The maximum Gasteiger partial charge on any atom is 0.323 e. The summed E-state index contributed by atoms with van der Waals surface area (Å²) in [6, 6.07) is 11.9. The molecular weight excluding hydrogens is 458 g/mol. The first-order chi connectivity index (χ1) is 16.0. The monoisotopic (exact) mass is 487 g/mol. The van der Waals surface area contributed by atoms with Gasteiger partial charge in [-0.1, -0.05) is 18.2 Å². The second kappa shape index (κ2) is 12.8. The molecule has 3 aromatic rings. The Morgan fingerprint density at radius 3 is 2.62 bits per heavy atom. The molecule has 3 rings (SSSR count). The molecule has 0 fully saturated rings. The number of nitrogens with two attached hydrogens (primary N) is 1. The molecule has 1 aromatic heterocycles. The molecule has 11 heteroatoms. The molecule has 10 nitrogen and oxygen atoms in total. The maximum atomic E-state index is 11.1. The zero-order valence-corrected chi connectivity index (χ0v) is 19.9. The lowest BCUT2D eigenvalue weighted by molar-refractivity contribution is -0.140. The van der Waals surface area contributed by atoms with E-state index in [-0.39, 0.29) is 26.6 Å². The van der Waals surface area contributed by atoms with Crippen LogP contribution in [-0.2, 0) is 17.9 Å². The minimum absolute atomic E-state index is 0. The molecule has 0 saturated heterocycles. The summed E-state index contributed by atoms with van der Waals surface area (Å²) in [4.78, 5) is 20.0. The Labute approximate surface area is 204 Å². The largest absolute Gasteiger partial charge is 0.493 e. The third-order valence-electron chi connectivity index (χ3n) is 4.94. The van der Waals surface area contributed by atoms with Crippen molar-refractivity contribution in [2.75, 3.05) is 26.1 Å². The number of aliphatic carboxylic acids is 1. The number of benzene rings is 2. The number of rotatable bonds is 11. The number of carboxylic acids is 1. The summed E-state index contributed by atoms with van der Waals surface area (Å²) in [6.45, 7) is 0.0723. The standard InChI is InChI=1S/C23H27N5O5.H2S/c1-32-20-10-17(9-16(11-24)21(20)33-2)27-23-25-7-6-18(28-23)15-5-3-4-14(8-15)12-26-19(13-29)22(30)31;/h3-10,19,26,29H,11-13,24H2,1-2H3,(H,30,31)(H,25,27,28);1H2. The lowest BCUT2D eigenvalue weighted by atomic mass is 10.1. The molecule has 0 spiro atoms. The Morgan fingerprint density at radius 2 is 1.97 bits per heavy atom. The zero-order valence-electron chi connectivity index (χ0n) is 18.9.